The highest BCUT2D eigenvalue weighted by molar-refractivity contribution is 5.87. The van der Waals surface area contributed by atoms with Crippen LogP contribution in [0, 0.1) is 5.82 Å². The standard InChI is InChI=1S/C26H27FN2O2/c1-2-25(30)29(19-22-13-15-23(27)16-14-22)24(17-20-9-5-3-6-10-20)26(31)28-18-21-11-7-4-8-12-21/h3-16,24H,2,17-19H2,1H3,(H,28,31)/t24-/m1/s1. The summed E-state index contributed by atoms with van der Waals surface area (Å²) >= 11 is 0. The summed E-state index contributed by atoms with van der Waals surface area (Å²) in [5.41, 5.74) is 2.73. The van der Waals surface area contributed by atoms with Crippen molar-refractivity contribution in [1.29, 1.82) is 0 Å². The maximum atomic E-state index is 13.3. The second kappa shape index (κ2) is 11.1. The van der Waals surface area contributed by atoms with Crippen molar-refractivity contribution >= 4 is 11.8 Å². The van der Waals surface area contributed by atoms with Gasteiger partial charge in [0.1, 0.15) is 11.9 Å². The maximum Gasteiger partial charge on any atom is 0.243 e. The van der Waals surface area contributed by atoms with E-state index >= 15 is 0 Å². The van der Waals surface area contributed by atoms with E-state index in [9.17, 15) is 14.0 Å². The molecule has 0 aliphatic carbocycles. The van der Waals surface area contributed by atoms with Gasteiger partial charge in [-0.25, -0.2) is 4.39 Å². The molecule has 0 fully saturated rings. The van der Waals surface area contributed by atoms with Crippen molar-refractivity contribution in [3.05, 3.63) is 107 Å². The van der Waals surface area contributed by atoms with Gasteiger partial charge in [0.25, 0.3) is 0 Å². The fourth-order valence-electron chi connectivity index (χ4n) is 3.45. The minimum Gasteiger partial charge on any atom is -0.350 e. The zero-order valence-corrected chi connectivity index (χ0v) is 17.6. The second-order valence-corrected chi connectivity index (χ2v) is 7.41. The van der Waals surface area contributed by atoms with Crippen molar-refractivity contribution in [2.75, 3.05) is 0 Å². The molecule has 31 heavy (non-hydrogen) atoms. The third kappa shape index (κ3) is 6.51. The van der Waals surface area contributed by atoms with E-state index in [1.54, 1.807) is 24.0 Å². The monoisotopic (exact) mass is 418 g/mol. The maximum absolute atomic E-state index is 13.3. The van der Waals surface area contributed by atoms with Crippen LogP contribution in [0.15, 0.2) is 84.9 Å². The summed E-state index contributed by atoms with van der Waals surface area (Å²) in [6.45, 7) is 2.40. The number of carbonyl (C=O) groups excluding carboxylic acids is 2. The molecule has 0 aliphatic heterocycles. The average Bonchev–Trinajstić information content (AvgIpc) is 2.82. The van der Waals surface area contributed by atoms with E-state index in [4.69, 9.17) is 0 Å². The predicted octanol–water partition coefficient (Wildman–Crippen LogP) is 4.49. The van der Waals surface area contributed by atoms with Gasteiger partial charge in [-0.05, 0) is 28.8 Å². The summed E-state index contributed by atoms with van der Waals surface area (Å²) < 4.78 is 13.3. The first kappa shape index (κ1) is 22.2. The summed E-state index contributed by atoms with van der Waals surface area (Å²) in [6.07, 6.45) is 0.673. The highest BCUT2D eigenvalue weighted by atomic mass is 19.1. The molecule has 0 saturated carbocycles. The van der Waals surface area contributed by atoms with Gasteiger partial charge in [-0.3, -0.25) is 9.59 Å². The van der Waals surface area contributed by atoms with Gasteiger partial charge in [0, 0.05) is 25.9 Å². The SMILES string of the molecule is CCC(=O)N(Cc1ccc(F)cc1)[C@H](Cc1ccccc1)C(=O)NCc1ccccc1. The number of nitrogens with one attached hydrogen (secondary N) is 1. The minimum absolute atomic E-state index is 0.125. The van der Waals surface area contributed by atoms with Crippen LogP contribution < -0.4 is 5.32 Å². The number of halogens is 1. The molecular weight excluding hydrogens is 391 g/mol. The van der Waals surface area contributed by atoms with E-state index in [1.807, 2.05) is 60.7 Å². The Morgan fingerprint density at radius 3 is 2.00 bits per heavy atom. The van der Waals surface area contributed by atoms with Gasteiger partial charge >= 0.3 is 0 Å². The van der Waals surface area contributed by atoms with E-state index in [0.29, 0.717) is 13.0 Å². The average molecular weight is 419 g/mol. The molecular formula is C26H27FN2O2. The molecule has 160 valence electrons. The molecule has 0 bridgehead atoms. The van der Waals surface area contributed by atoms with E-state index in [2.05, 4.69) is 5.32 Å². The van der Waals surface area contributed by atoms with E-state index in [1.165, 1.54) is 12.1 Å². The number of hydrogen-bond acceptors (Lipinski definition) is 2. The molecule has 0 aromatic heterocycles. The molecule has 3 rings (SSSR count). The lowest BCUT2D eigenvalue weighted by Gasteiger charge is -2.31. The lowest BCUT2D eigenvalue weighted by atomic mass is 10.0. The van der Waals surface area contributed by atoms with Crippen LogP contribution >= 0.6 is 0 Å². The van der Waals surface area contributed by atoms with Crippen molar-refractivity contribution < 1.29 is 14.0 Å². The summed E-state index contributed by atoms with van der Waals surface area (Å²) in [7, 11) is 0. The van der Waals surface area contributed by atoms with Crippen LogP contribution in [0.2, 0.25) is 0 Å². The molecule has 0 spiro atoms. The van der Waals surface area contributed by atoms with Crippen molar-refractivity contribution in [3.8, 4) is 0 Å². The fourth-order valence-corrected chi connectivity index (χ4v) is 3.45. The number of nitrogens with zero attached hydrogens (tertiary/aromatic N) is 1. The number of hydrogen-bond donors (Lipinski definition) is 1. The lowest BCUT2D eigenvalue weighted by molar-refractivity contribution is -0.141. The molecule has 3 aromatic rings. The van der Waals surface area contributed by atoms with Gasteiger partial charge in [0.15, 0.2) is 0 Å². The van der Waals surface area contributed by atoms with Crippen molar-refractivity contribution in [1.82, 2.24) is 10.2 Å². The topological polar surface area (TPSA) is 49.4 Å². The van der Waals surface area contributed by atoms with Gasteiger partial charge in [0.2, 0.25) is 11.8 Å². The van der Waals surface area contributed by atoms with Crippen LogP contribution in [-0.4, -0.2) is 22.8 Å². The van der Waals surface area contributed by atoms with E-state index < -0.39 is 6.04 Å². The number of amides is 2. The Bertz CT molecular complexity index is 975. The molecule has 4 nitrogen and oxygen atoms in total. The van der Waals surface area contributed by atoms with Crippen molar-refractivity contribution in [2.24, 2.45) is 0 Å². The van der Waals surface area contributed by atoms with E-state index in [0.717, 1.165) is 16.7 Å². The smallest absolute Gasteiger partial charge is 0.243 e. The molecule has 2 amide bonds. The third-order valence-electron chi connectivity index (χ3n) is 5.15. The van der Waals surface area contributed by atoms with Gasteiger partial charge in [-0.2, -0.15) is 0 Å². The molecule has 1 N–H and O–H groups in total. The predicted molar refractivity (Wildman–Crippen MR) is 119 cm³/mol. The van der Waals surface area contributed by atoms with Crippen LogP contribution in [0.4, 0.5) is 4.39 Å². The summed E-state index contributed by atoms with van der Waals surface area (Å²) in [5.74, 6) is -0.671. The van der Waals surface area contributed by atoms with Crippen molar-refractivity contribution in [3.63, 3.8) is 0 Å². The van der Waals surface area contributed by atoms with Gasteiger partial charge in [-0.1, -0.05) is 79.7 Å². The second-order valence-electron chi connectivity index (χ2n) is 7.41. The largest absolute Gasteiger partial charge is 0.350 e. The molecule has 3 aromatic carbocycles. The highest BCUT2D eigenvalue weighted by Gasteiger charge is 2.29. The molecule has 5 heteroatoms. The first-order chi connectivity index (χ1) is 15.1. The summed E-state index contributed by atoms with van der Waals surface area (Å²) in [4.78, 5) is 27.7. The highest BCUT2D eigenvalue weighted by Crippen LogP contribution is 2.16. The van der Waals surface area contributed by atoms with Crippen LogP contribution in [0.25, 0.3) is 0 Å². The summed E-state index contributed by atoms with van der Waals surface area (Å²) in [6, 6.07) is 24.7. The van der Waals surface area contributed by atoms with Crippen LogP contribution in [-0.2, 0) is 29.1 Å². The molecule has 0 unspecified atom stereocenters. The lowest BCUT2D eigenvalue weighted by Crippen LogP contribution is -2.50. The number of carbonyl (C=O) groups is 2. The van der Waals surface area contributed by atoms with Crippen LogP contribution in [0.3, 0.4) is 0 Å². The zero-order valence-electron chi connectivity index (χ0n) is 17.6. The Hall–Kier alpha value is -3.47. The Labute approximate surface area is 182 Å². The number of rotatable bonds is 9. The molecule has 0 aliphatic rings. The Morgan fingerprint density at radius 2 is 1.42 bits per heavy atom. The quantitative estimate of drug-likeness (QED) is 0.557. The zero-order chi connectivity index (χ0) is 22.1. The normalized spacial score (nSPS) is 11.5. The molecule has 0 saturated heterocycles. The van der Waals surface area contributed by atoms with Gasteiger partial charge in [0.05, 0.1) is 0 Å². The Balaban J connectivity index is 1.85. The molecule has 0 heterocycles. The Kier molecular flexibility index (Phi) is 7.93. The first-order valence-corrected chi connectivity index (χ1v) is 10.5. The fraction of sp³-hybridized carbons (Fsp3) is 0.231. The minimum atomic E-state index is -0.677. The Morgan fingerprint density at radius 1 is 0.839 bits per heavy atom. The van der Waals surface area contributed by atoms with E-state index in [-0.39, 0.29) is 30.6 Å². The molecule has 0 radical (unpaired) electrons. The van der Waals surface area contributed by atoms with Gasteiger partial charge in [-0.15, -0.1) is 0 Å². The first-order valence-electron chi connectivity index (χ1n) is 10.5. The molecule has 1 atom stereocenters. The van der Waals surface area contributed by atoms with Crippen molar-refractivity contribution in [2.45, 2.75) is 38.9 Å². The summed E-state index contributed by atoms with van der Waals surface area (Å²) in [5, 5.41) is 2.98. The third-order valence-corrected chi connectivity index (χ3v) is 5.15. The number of benzene rings is 3. The van der Waals surface area contributed by atoms with Crippen LogP contribution in [0.5, 0.6) is 0 Å². The van der Waals surface area contributed by atoms with Crippen LogP contribution in [0.1, 0.15) is 30.0 Å². The van der Waals surface area contributed by atoms with Gasteiger partial charge < -0.3 is 10.2 Å².